The number of aryl methyl sites for hydroxylation is 2. The van der Waals surface area contributed by atoms with Gasteiger partial charge in [0.25, 0.3) is 0 Å². The van der Waals surface area contributed by atoms with E-state index in [0.717, 1.165) is 22.4 Å². The van der Waals surface area contributed by atoms with E-state index in [4.69, 9.17) is 15.2 Å². The zero-order valence-corrected chi connectivity index (χ0v) is 12.2. The first kappa shape index (κ1) is 14.1. The Balaban J connectivity index is 2.36. The highest BCUT2D eigenvalue weighted by molar-refractivity contribution is 5.51. The molecule has 0 saturated heterocycles. The molecule has 2 rings (SSSR count). The maximum absolute atomic E-state index is 5.93. The maximum atomic E-state index is 5.93. The lowest BCUT2D eigenvalue weighted by Crippen LogP contribution is -2.03. The van der Waals surface area contributed by atoms with Crippen molar-refractivity contribution >= 4 is 5.82 Å². The van der Waals surface area contributed by atoms with E-state index >= 15 is 0 Å². The van der Waals surface area contributed by atoms with Gasteiger partial charge in [0.1, 0.15) is 11.6 Å². The Bertz CT molecular complexity index is 627. The van der Waals surface area contributed by atoms with E-state index in [1.807, 2.05) is 19.9 Å². The molecule has 0 aliphatic heterocycles. The van der Waals surface area contributed by atoms with E-state index in [9.17, 15) is 0 Å². The predicted molar refractivity (Wildman–Crippen MR) is 78.3 cm³/mol. The van der Waals surface area contributed by atoms with Crippen molar-refractivity contribution in [1.82, 2.24) is 9.97 Å². The van der Waals surface area contributed by atoms with Crippen molar-refractivity contribution in [3.8, 4) is 11.5 Å². The molecule has 1 heterocycles. The van der Waals surface area contributed by atoms with Crippen molar-refractivity contribution in [2.75, 3.05) is 20.0 Å². The Kier molecular flexibility index (Phi) is 4.08. The molecule has 0 unspecified atom stereocenters. The van der Waals surface area contributed by atoms with Gasteiger partial charge >= 0.3 is 0 Å². The minimum absolute atomic E-state index is 0.518. The zero-order chi connectivity index (χ0) is 14.7. The summed E-state index contributed by atoms with van der Waals surface area (Å²) in [6, 6.07) is 4.01. The number of anilines is 1. The average molecular weight is 273 g/mol. The molecule has 2 N–H and O–H groups in total. The van der Waals surface area contributed by atoms with Crippen molar-refractivity contribution in [3.63, 3.8) is 0 Å². The van der Waals surface area contributed by atoms with Crippen molar-refractivity contribution in [1.29, 1.82) is 0 Å². The lowest BCUT2D eigenvalue weighted by molar-refractivity contribution is 0.352. The third-order valence-corrected chi connectivity index (χ3v) is 3.14. The number of ether oxygens (including phenoxy) is 2. The topological polar surface area (TPSA) is 70.3 Å². The highest BCUT2D eigenvalue weighted by Crippen LogP contribution is 2.32. The van der Waals surface area contributed by atoms with Gasteiger partial charge in [0.15, 0.2) is 11.5 Å². The average Bonchev–Trinajstić information content (AvgIpc) is 2.41. The molecule has 0 saturated carbocycles. The second kappa shape index (κ2) is 5.77. The van der Waals surface area contributed by atoms with Crippen molar-refractivity contribution in [2.45, 2.75) is 20.3 Å². The summed E-state index contributed by atoms with van der Waals surface area (Å²) in [5, 5.41) is 0. The lowest BCUT2D eigenvalue weighted by Gasteiger charge is -2.13. The molecule has 0 amide bonds. The van der Waals surface area contributed by atoms with Crippen molar-refractivity contribution in [2.24, 2.45) is 0 Å². The molecule has 0 radical (unpaired) electrons. The number of methoxy groups -OCH3 is 2. The molecule has 5 heteroatoms. The lowest BCUT2D eigenvalue weighted by atomic mass is 10.0. The Morgan fingerprint density at radius 2 is 1.90 bits per heavy atom. The number of aromatic nitrogens is 2. The Morgan fingerprint density at radius 3 is 2.50 bits per heavy atom. The Hall–Kier alpha value is -2.30. The van der Waals surface area contributed by atoms with Crippen LogP contribution in [0.5, 0.6) is 11.5 Å². The quantitative estimate of drug-likeness (QED) is 0.925. The number of nitrogen functional groups attached to an aromatic ring is 1. The van der Waals surface area contributed by atoms with Gasteiger partial charge < -0.3 is 15.2 Å². The van der Waals surface area contributed by atoms with Crippen LogP contribution in [0.2, 0.25) is 0 Å². The van der Waals surface area contributed by atoms with Gasteiger partial charge in [-0.25, -0.2) is 9.97 Å². The fourth-order valence-corrected chi connectivity index (χ4v) is 2.20. The van der Waals surface area contributed by atoms with Crippen LogP contribution in [0.25, 0.3) is 0 Å². The number of hydrogen-bond donors (Lipinski definition) is 1. The van der Waals surface area contributed by atoms with Gasteiger partial charge in [0, 0.05) is 18.2 Å². The van der Waals surface area contributed by atoms with Gasteiger partial charge in [-0.05, 0) is 31.0 Å². The van der Waals surface area contributed by atoms with E-state index < -0.39 is 0 Å². The molecular weight excluding hydrogens is 254 g/mol. The molecule has 106 valence electrons. The summed E-state index contributed by atoms with van der Waals surface area (Å²) in [6.07, 6.45) is 2.43. The van der Waals surface area contributed by atoms with Gasteiger partial charge in [-0.1, -0.05) is 6.07 Å². The van der Waals surface area contributed by atoms with Crippen LogP contribution >= 0.6 is 0 Å². The predicted octanol–water partition coefficient (Wildman–Crippen LogP) is 2.28. The van der Waals surface area contributed by atoms with E-state index in [1.54, 1.807) is 20.4 Å². The molecule has 1 aromatic carbocycles. The fraction of sp³-hybridized carbons (Fsp3) is 0.333. The highest BCUT2D eigenvalue weighted by Gasteiger charge is 2.11. The molecule has 0 aliphatic rings. The third kappa shape index (κ3) is 2.82. The number of rotatable bonds is 4. The molecule has 2 aromatic rings. The van der Waals surface area contributed by atoms with Crippen LogP contribution in [-0.2, 0) is 6.42 Å². The first-order chi connectivity index (χ1) is 9.55. The molecule has 20 heavy (non-hydrogen) atoms. The molecule has 0 atom stereocenters. The van der Waals surface area contributed by atoms with E-state index in [1.165, 1.54) is 0 Å². The van der Waals surface area contributed by atoms with Gasteiger partial charge in [0.2, 0.25) is 0 Å². The van der Waals surface area contributed by atoms with Gasteiger partial charge in [0.05, 0.1) is 14.2 Å². The SMILES string of the molecule is COc1cc(Cc2cnc(C)nc2N)cc(C)c1OC. The van der Waals surface area contributed by atoms with E-state index in [-0.39, 0.29) is 0 Å². The summed E-state index contributed by atoms with van der Waals surface area (Å²) in [5.74, 6) is 2.66. The first-order valence-corrected chi connectivity index (χ1v) is 6.34. The standard InChI is InChI=1S/C15H19N3O2/c1-9-5-11(7-13(19-3)14(9)20-4)6-12-8-17-10(2)18-15(12)16/h5,7-8H,6H2,1-4H3,(H2,16,17,18). The summed E-state index contributed by atoms with van der Waals surface area (Å²) in [4.78, 5) is 8.37. The first-order valence-electron chi connectivity index (χ1n) is 6.34. The highest BCUT2D eigenvalue weighted by atomic mass is 16.5. The minimum Gasteiger partial charge on any atom is -0.493 e. The molecule has 0 bridgehead atoms. The number of hydrogen-bond acceptors (Lipinski definition) is 5. The molecular formula is C15H19N3O2. The third-order valence-electron chi connectivity index (χ3n) is 3.14. The zero-order valence-electron chi connectivity index (χ0n) is 12.2. The minimum atomic E-state index is 0.518. The molecule has 0 aliphatic carbocycles. The van der Waals surface area contributed by atoms with Crippen LogP contribution < -0.4 is 15.2 Å². The van der Waals surface area contributed by atoms with Crippen LogP contribution in [0.4, 0.5) is 5.82 Å². The number of nitrogens with two attached hydrogens (primary N) is 1. The monoisotopic (exact) mass is 273 g/mol. The van der Waals surface area contributed by atoms with Crippen LogP contribution in [-0.4, -0.2) is 24.2 Å². The van der Waals surface area contributed by atoms with Crippen LogP contribution in [0, 0.1) is 13.8 Å². The van der Waals surface area contributed by atoms with E-state index in [0.29, 0.717) is 23.8 Å². The summed E-state index contributed by atoms with van der Waals surface area (Å²) in [5.41, 5.74) is 8.94. The summed E-state index contributed by atoms with van der Waals surface area (Å²) in [6.45, 7) is 3.81. The summed E-state index contributed by atoms with van der Waals surface area (Å²) in [7, 11) is 3.26. The van der Waals surface area contributed by atoms with Gasteiger partial charge in [-0.3, -0.25) is 0 Å². The molecule has 1 aromatic heterocycles. The normalized spacial score (nSPS) is 10.4. The van der Waals surface area contributed by atoms with Crippen LogP contribution in [0.15, 0.2) is 18.3 Å². The van der Waals surface area contributed by atoms with Crippen LogP contribution in [0.3, 0.4) is 0 Å². The van der Waals surface area contributed by atoms with Crippen molar-refractivity contribution < 1.29 is 9.47 Å². The molecule has 0 spiro atoms. The summed E-state index contributed by atoms with van der Waals surface area (Å²) < 4.78 is 10.7. The van der Waals surface area contributed by atoms with Gasteiger partial charge in [-0.15, -0.1) is 0 Å². The fourth-order valence-electron chi connectivity index (χ4n) is 2.20. The smallest absolute Gasteiger partial charge is 0.163 e. The largest absolute Gasteiger partial charge is 0.493 e. The second-order valence-corrected chi connectivity index (χ2v) is 4.65. The summed E-state index contributed by atoms with van der Waals surface area (Å²) >= 11 is 0. The maximum Gasteiger partial charge on any atom is 0.163 e. The van der Waals surface area contributed by atoms with Gasteiger partial charge in [-0.2, -0.15) is 0 Å². The van der Waals surface area contributed by atoms with E-state index in [2.05, 4.69) is 16.0 Å². The molecule has 0 fully saturated rings. The number of nitrogens with zero attached hydrogens (tertiary/aromatic N) is 2. The van der Waals surface area contributed by atoms with Crippen molar-refractivity contribution in [3.05, 3.63) is 40.8 Å². The number of benzene rings is 1. The second-order valence-electron chi connectivity index (χ2n) is 4.65. The Labute approximate surface area is 118 Å². The van der Waals surface area contributed by atoms with Crippen LogP contribution in [0.1, 0.15) is 22.5 Å². The molecule has 5 nitrogen and oxygen atoms in total. The Morgan fingerprint density at radius 1 is 1.15 bits per heavy atom.